The number of anilines is 1. The molecule has 3 aliphatic rings. The van der Waals surface area contributed by atoms with Crippen molar-refractivity contribution in [3.8, 4) is 5.75 Å². The van der Waals surface area contributed by atoms with Crippen LogP contribution in [0.3, 0.4) is 0 Å². The van der Waals surface area contributed by atoms with Gasteiger partial charge in [-0.25, -0.2) is 0 Å². The zero-order valence-corrected chi connectivity index (χ0v) is 20.6. The molecule has 8 heteroatoms. The van der Waals surface area contributed by atoms with Crippen molar-refractivity contribution in [2.45, 2.75) is 56.8 Å². The fourth-order valence-corrected chi connectivity index (χ4v) is 4.95. The maximum absolute atomic E-state index is 13.4. The molecule has 2 aromatic rings. The minimum Gasteiger partial charge on any atom is -0.490 e. The molecule has 0 aromatic heterocycles. The smallest absolute Gasteiger partial charge is 0.257 e. The summed E-state index contributed by atoms with van der Waals surface area (Å²) in [6.45, 7) is 1.04. The van der Waals surface area contributed by atoms with Gasteiger partial charge in [-0.15, -0.1) is 0 Å². The second kappa shape index (κ2) is 10.7. The molecule has 1 saturated heterocycles. The number of nitrogens with one attached hydrogen (secondary N) is 2. The Labute approximate surface area is 211 Å². The Morgan fingerprint density at radius 1 is 1.03 bits per heavy atom. The van der Waals surface area contributed by atoms with Crippen molar-refractivity contribution in [2.75, 3.05) is 25.5 Å². The van der Waals surface area contributed by atoms with E-state index in [0.717, 1.165) is 18.5 Å². The van der Waals surface area contributed by atoms with Crippen LogP contribution in [0.2, 0.25) is 0 Å². The van der Waals surface area contributed by atoms with Crippen molar-refractivity contribution in [3.05, 3.63) is 59.7 Å². The quantitative estimate of drug-likeness (QED) is 0.620. The molecule has 190 valence electrons. The highest BCUT2D eigenvalue weighted by molar-refractivity contribution is 6.00. The van der Waals surface area contributed by atoms with Crippen molar-refractivity contribution >= 4 is 23.4 Å². The molecule has 1 aliphatic carbocycles. The summed E-state index contributed by atoms with van der Waals surface area (Å²) in [7, 11) is 1.78. The maximum atomic E-state index is 13.4. The van der Waals surface area contributed by atoms with E-state index < -0.39 is 0 Å². The Balaban J connectivity index is 1.22. The molecule has 2 fully saturated rings. The van der Waals surface area contributed by atoms with E-state index >= 15 is 0 Å². The number of amides is 3. The molecule has 8 nitrogen and oxygen atoms in total. The van der Waals surface area contributed by atoms with E-state index in [1.54, 1.807) is 30.1 Å². The lowest BCUT2D eigenvalue weighted by atomic mass is 9.94. The van der Waals surface area contributed by atoms with Crippen LogP contribution >= 0.6 is 0 Å². The fourth-order valence-electron chi connectivity index (χ4n) is 4.95. The van der Waals surface area contributed by atoms with E-state index in [4.69, 9.17) is 9.47 Å². The van der Waals surface area contributed by atoms with Gasteiger partial charge in [-0.3, -0.25) is 14.4 Å². The number of hydrogen-bond acceptors (Lipinski definition) is 5. The monoisotopic (exact) mass is 491 g/mol. The SMILES string of the molecule is CN1C(=O)c2cc(NC(=O)Cc3ccccc3)ccc2OC[C@@H]2O[C@H](CC(=O)NCC3CC3)CC[C@@H]21. The summed E-state index contributed by atoms with van der Waals surface area (Å²) < 4.78 is 12.3. The lowest BCUT2D eigenvalue weighted by Gasteiger charge is -2.42. The predicted octanol–water partition coefficient (Wildman–Crippen LogP) is 3.16. The average Bonchev–Trinajstić information content (AvgIpc) is 3.70. The number of carbonyl (C=O) groups excluding carboxylic acids is 3. The van der Waals surface area contributed by atoms with Crippen LogP contribution in [0.5, 0.6) is 5.75 Å². The van der Waals surface area contributed by atoms with Gasteiger partial charge in [0.25, 0.3) is 5.91 Å². The highest BCUT2D eigenvalue weighted by Gasteiger charge is 2.39. The standard InChI is InChI=1S/C28H33N3O5/c1-31-23-11-10-21(15-26(32)29-16-19-7-8-19)36-25(23)17-35-24-12-9-20(14-22(24)28(31)34)30-27(33)13-18-5-3-2-4-6-18/h2-6,9,12,14,19,21,23,25H,7-8,10-11,13,15-17H2,1H3,(H,29,32)(H,30,33)/t21-,23-,25-/m0/s1. The van der Waals surface area contributed by atoms with Crippen molar-refractivity contribution in [2.24, 2.45) is 5.92 Å². The van der Waals surface area contributed by atoms with Gasteiger partial charge in [0.05, 0.1) is 30.6 Å². The number of nitrogens with zero attached hydrogens (tertiary/aromatic N) is 1. The molecule has 0 bridgehead atoms. The van der Waals surface area contributed by atoms with Crippen LogP contribution in [0.1, 0.15) is 48.0 Å². The van der Waals surface area contributed by atoms with Crippen LogP contribution in [-0.4, -0.2) is 61.1 Å². The van der Waals surface area contributed by atoms with Gasteiger partial charge in [0.15, 0.2) is 0 Å². The lowest BCUT2D eigenvalue weighted by Crippen LogP contribution is -2.54. The van der Waals surface area contributed by atoms with Gasteiger partial charge in [-0.05, 0) is 55.4 Å². The van der Waals surface area contributed by atoms with E-state index in [2.05, 4.69) is 10.6 Å². The van der Waals surface area contributed by atoms with Crippen molar-refractivity contribution < 1.29 is 23.9 Å². The molecule has 3 atom stereocenters. The van der Waals surface area contributed by atoms with Crippen LogP contribution in [0.15, 0.2) is 48.5 Å². The molecule has 2 aliphatic heterocycles. The third-order valence-electron chi connectivity index (χ3n) is 7.20. The zero-order chi connectivity index (χ0) is 25.1. The summed E-state index contributed by atoms with van der Waals surface area (Å²) in [4.78, 5) is 39.9. The number of hydrogen-bond donors (Lipinski definition) is 2. The minimum absolute atomic E-state index is 0.0220. The molecule has 5 rings (SSSR count). The lowest BCUT2D eigenvalue weighted by molar-refractivity contribution is -0.134. The van der Waals surface area contributed by atoms with E-state index in [0.29, 0.717) is 35.8 Å². The maximum Gasteiger partial charge on any atom is 0.257 e. The summed E-state index contributed by atoms with van der Waals surface area (Å²) in [6, 6.07) is 14.5. The second-order valence-corrected chi connectivity index (χ2v) is 10.0. The molecular formula is C28H33N3O5. The number of benzene rings is 2. The molecule has 2 aromatic carbocycles. The van der Waals surface area contributed by atoms with Crippen LogP contribution in [0, 0.1) is 5.92 Å². The summed E-state index contributed by atoms with van der Waals surface area (Å²) in [5.74, 6) is 0.791. The first-order valence-electron chi connectivity index (χ1n) is 12.8. The number of fused-ring (bicyclic) bond motifs is 2. The summed E-state index contributed by atoms with van der Waals surface area (Å²) in [5, 5.41) is 5.89. The Kier molecular flexibility index (Phi) is 7.23. The summed E-state index contributed by atoms with van der Waals surface area (Å²) >= 11 is 0. The van der Waals surface area contributed by atoms with Gasteiger partial charge in [0, 0.05) is 19.3 Å². The van der Waals surface area contributed by atoms with Gasteiger partial charge < -0.3 is 25.0 Å². The van der Waals surface area contributed by atoms with Gasteiger partial charge in [0.2, 0.25) is 11.8 Å². The fraction of sp³-hybridized carbons (Fsp3) is 0.464. The predicted molar refractivity (Wildman–Crippen MR) is 135 cm³/mol. The first-order chi connectivity index (χ1) is 17.5. The largest absolute Gasteiger partial charge is 0.490 e. The molecule has 36 heavy (non-hydrogen) atoms. The molecule has 0 unspecified atom stereocenters. The number of carbonyl (C=O) groups is 3. The molecule has 0 radical (unpaired) electrons. The number of rotatable bonds is 7. The van der Waals surface area contributed by atoms with E-state index in [1.807, 2.05) is 30.3 Å². The Morgan fingerprint density at radius 2 is 1.83 bits per heavy atom. The molecule has 2 heterocycles. The van der Waals surface area contributed by atoms with Crippen LogP contribution in [0.4, 0.5) is 5.69 Å². The molecular weight excluding hydrogens is 458 g/mol. The van der Waals surface area contributed by atoms with Gasteiger partial charge >= 0.3 is 0 Å². The third-order valence-corrected chi connectivity index (χ3v) is 7.20. The Morgan fingerprint density at radius 3 is 2.61 bits per heavy atom. The number of ether oxygens (including phenoxy) is 2. The Hall–Kier alpha value is -3.39. The van der Waals surface area contributed by atoms with E-state index in [9.17, 15) is 14.4 Å². The van der Waals surface area contributed by atoms with Crippen molar-refractivity contribution in [1.29, 1.82) is 0 Å². The van der Waals surface area contributed by atoms with Gasteiger partial charge in [-0.1, -0.05) is 30.3 Å². The van der Waals surface area contributed by atoms with Crippen molar-refractivity contribution in [1.82, 2.24) is 10.2 Å². The van der Waals surface area contributed by atoms with Crippen LogP contribution in [0.25, 0.3) is 0 Å². The highest BCUT2D eigenvalue weighted by Crippen LogP contribution is 2.33. The second-order valence-electron chi connectivity index (χ2n) is 10.0. The zero-order valence-electron chi connectivity index (χ0n) is 20.6. The normalized spacial score (nSPS) is 23.4. The average molecular weight is 492 g/mol. The highest BCUT2D eigenvalue weighted by atomic mass is 16.5. The van der Waals surface area contributed by atoms with E-state index in [1.165, 1.54) is 12.8 Å². The first-order valence-corrected chi connectivity index (χ1v) is 12.8. The van der Waals surface area contributed by atoms with Gasteiger partial charge in [0.1, 0.15) is 18.5 Å². The van der Waals surface area contributed by atoms with Crippen molar-refractivity contribution in [3.63, 3.8) is 0 Å². The first kappa shape index (κ1) is 24.3. The molecule has 3 amide bonds. The Bertz CT molecular complexity index is 1120. The summed E-state index contributed by atoms with van der Waals surface area (Å²) in [5.41, 5.74) is 1.88. The van der Waals surface area contributed by atoms with E-state index in [-0.39, 0.29) is 49.0 Å². The minimum atomic E-state index is -0.313. The molecule has 1 saturated carbocycles. The van der Waals surface area contributed by atoms with Crippen LogP contribution < -0.4 is 15.4 Å². The molecule has 0 spiro atoms. The van der Waals surface area contributed by atoms with Crippen LogP contribution in [-0.2, 0) is 20.7 Å². The molecule has 2 N–H and O–H groups in total. The van der Waals surface area contributed by atoms with Gasteiger partial charge in [-0.2, -0.15) is 0 Å². The summed E-state index contributed by atoms with van der Waals surface area (Å²) in [6.07, 6.45) is 3.93. The topological polar surface area (TPSA) is 97.0 Å². The number of likely N-dealkylation sites (N-methyl/N-ethyl adjacent to an activating group) is 1. The third kappa shape index (κ3) is 5.87.